The number of benzene rings is 3. The van der Waals surface area contributed by atoms with E-state index in [1.54, 1.807) is 17.5 Å². The number of alkyl halides is 1. The summed E-state index contributed by atoms with van der Waals surface area (Å²) in [5, 5.41) is 10.9. The van der Waals surface area contributed by atoms with Gasteiger partial charge in [-0.1, -0.05) is 45.7 Å². The highest BCUT2D eigenvalue weighted by molar-refractivity contribution is 9.09. The van der Waals surface area contributed by atoms with E-state index in [1.165, 1.54) is 0 Å². The lowest BCUT2D eigenvalue weighted by Gasteiger charge is -2.04. The lowest BCUT2D eigenvalue weighted by Crippen LogP contribution is -2.24. The number of H-pyrrole nitrogens is 1. The molecule has 3 aromatic rings. The zero-order valence-corrected chi connectivity index (χ0v) is 17.1. The fourth-order valence-electron chi connectivity index (χ4n) is 3.86. The van der Waals surface area contributed by atoms with Gasteiger partial charge in [-0.25, -0.2) is 0 Å². The molecule has 5 nitrogen and oxygen atoms in total. The summed E-state index contributed by atoms with van der Waals surface area (Å²) in [4.78, 5) is 15.7. The van der Waals surface area contributed by atoms with Crippen LogP contribution in [0.4, 0.5) is 0 Å². The molecule has 0 aromatic heterocycles. The van der Waals surface area contributed by atoms with Gasteiger partial charge in [0.1, 0.15) is 16.6 Å². The lowest BCUT2D eigenvalue weighted by molar-refractivity contribution is -0.523. The second-order valence-electron chi connectivity index (χ2n) is 6.50. The van der Waals surface area contributed by atoms with Crippen LogP contribution in [0.15, 0.2) is 53.6 Å². The van der Waals surface area contributed by atoms with Crippen molar-refractivity contribution in [2.75, 3.05) is 12.4 Å². The average Bonchev–Trinajstić information content (AvgIpc) is 3.04. The second-order valence-corrected chi connectivity index (χ2v) is 7.49. The Kier molecular flexibility index (Phi) is 4.00. The van der Waals surface area contributed by atoms with Gasteiger partial charge in [0, 0.05) is 21.6 Å². The number of nitrogens with one attached hydrogen (secondary N) is 1. The van der Waals surface area contributed by atoms with Crippen molar-refractivity contribution in [3.8, 4) is 5.75 Å². The first kappa shape index (κ1) is 17.4. The molecule has 1 N–H and O–H groups in total. The van der Waals surface area contributed by atoms with Gasteiger partial charge >= 0.3 is 5.91 Å². The smallest absolute Gasteiger partial charge is 0.319 e. The van der Waals surface area contributed by atoms with Crippen LogP contribution in [0, 0.1) is 10.7 Å². The number of fused-ring (bicyclic) bond motifs is 3. The number of methoxy groups -OCH3 is 1. The first-order valence-corrected chi connectivity index (χ1v) is 10.1. The van der Waals surface area contributed by atoms with E-state index in [9.17, 15) is 4.79 Å². The topological polar surface area (TPSA) is 60.4 Å². The van der Waals surface area contributed by atoms with Crippen LogP contribution >= 0.6 is 27.5 Å². The Hall–Kier alpha value is -2.70. The number of halogens is 2. The molecule has 3 aromatic carbocycles. The molecule has 138 valence electrons. The van der Waals surface area contributed by atoms with E-state index in [0.717, 1.165) is 49.0 Å². The normalized spacial score (nSPS) is 12.6. The van der Waals surface area contributed by atoms with E-state index in [0.29, 0.717) is 5.02 Å². The summed E-state index contributed by atoms with van der Waals surface area (Å²) in [5.74, 6) is 0.486. The quantitative estimate of drug-likeness (QED) is 0.306. The molecule has 0 bridgehead atoms. The zero-order valence-electron chi connectivity index (χ0n) is 14.8. The Morgan fingerprint density at radius 3 is 2.86 bits per heavy atom. The zero-order chi connectivity index (χ0) is 19.4. The molecule has 0 spiro atoms. The van der Waals surface area contributed by atoms with Crippen molar-refractivity contribution in [1.82, 2.24) is 4.98 Å². The fourth-order valence-corrected chi connectivity index (χ4v) is 4.15. The molecule has 1 heterocycles. The number of rotatable bonds is 2. The maximum Gasteiger partial charge on any atom is 0.319 e. The van der Waals surface area contributed by atoms with Gasteiger partial charge in [0.2, 0.25) is 0 Å². The number of hydrogen-bond donors (Lipinski definition) is 1. The lowest BCUT2D eigenvalue weighted by atomic mass is 10.1. The van der Waals surface area contributed by atoms with Crippen molar-refractivity contribution in [2.24, 2.45) is 5.11 Å². The minimum Gasteiger partial charge on any atom is -0.496 e. The second kappa shape index (κ2) is 6.43. The molecular formula is C21H14BrClN3O2+. The molecule has 28 heavy (non-hydrogen) atoms. The summed E-state index contributed by atoms with van der Waals surface area (Å²) in [7, 11) is 1.66. The predicted molar refractivity (Wildman–Crippen MR) is 113 cm³/mol. The monoisotopic (exact) mass is 454 g/mol. The number of ether oxygens (including phenoxy) is 1. The van der Waals surface area contributed by atoms with E-state index in [4.69, 9.17) is 16.3 Å². The van der Waals surface area contributed by atoms with Crippen molar-refractivity contribution >= 4 is 66.0 Å². The van der Waals surface area contributed by atoms with E-state index >= 15 is 0 Å². The summed E-state index contributed by atoms with van der Waals surface area (Å²) >= 11 is 9.43. The van der Waals surface area contributed by atoms with E-state index < -0.39 is 0 Å². The Morgan fingerprint density at radius 1 is 1.21 bits per heavy atom. The summed E-state index contributed by atoms with van der Waals surface area (Å²) < 4.78 is 7.36. The van der Waals surface area contributed by atoms with Crippen molar-refractivity contribution in [3.63, 3.8) is 0 Å². The average molecular weight is 456 g/mol. The number of carbonyl (C=O) groups excluding carboxylic acids is 1. The minimum atomic E-state index is -0.273. The number of hydrogen-bond acceptors (Lipinski definition) is 2. The van der Waals surface area contributed by atoms with Crippen molar-refractivity contribution in [1.29, 1.82) is 0 Å². The van der Waals surface area contributed by atoms with Crippen LogP contribution in [0.3, 0.4) is 0 Å². The fraction of sp³-hybridized carbons (Fsp3) is 0.0952. The summed E-state index contributed by atoms with van der Waals surface area (Å²) in [6, 6.07) is 15.6. The summed E-state index contributed by atoms with van der Waals surface area (Å²) in [6.07, 6.45) is 0. The number of nitrogens with zero attached hydrogens (tertiary/aromatic N) is 2. The standard InChI is InChI=1S/C21H13BrClN3O2/c1-28-16-8-5-11-3-2-4-13-18(11)19(16)20-21(13)26(25-17(27)10-22)15-7-6-12(23)9-14(15)24-20/h2-9H,10H2,1H3/p+1. The highest BCUT2D eigenvalue weighted by Gasteiger charge is 2.22. The van der Waals surface area contributed by atoms with E-state index in [1.807, 2.05) is 36.4 Å². The van der Waals surface area contributed by atoms with Crippen LogP contribution in [0.2, 0.25) is 5.02 Å². The maximum absolute atomic E-state index is 12.2. The summed E-state index contributed by atoms with van der Waals surface area (Å²) in [6.45, 7) is 0. The number of aromatic nitrogens is 2. The van der Waals surface area contributed by atoms with E-state index in [-0.39, 0.29) is 11.2 Å². The molecular weight excluding hydrogens is 442 g/mol. The van der Waals surface area contributed by atoms with Crippen molar-refractivity contribution in [3.05, 3.63) is 64.3 Å². The van der Waals surface area contributed by atoms with Crippen LogP contribution in [0.5, 0.6) is 5.75 Å². The van der Waals surface area contributed by atoms with Gasteiger partial charge in [0.15, 0.2) is 0 Å². The number of amides is 1. The third-order valence-electron chi connectivity index (χ3n) is 4.95. The van der Waals surface area contributed by atoms with Crippen LogP contribution in [-0.2, 0) is 4.79 Å². The largest absolute Gasteiger partial charge is 0.496 e. The predicted octanol–water partition coefficient (Wildman–Crippen LogP) is 4.82. The van der Waals surface area contributed by atoms with Gasteiger partial charge in [0.05, 0.1) is 23.2 Å². The minimum absolute atomic E-state index is 0.142. The SMILES string of the molecule is COc1ccc2cccc3c4[n+](=NC(=O)CBr)c5ccc(Cl)cc5[nH]c=4c1c23. The number of carbonyl (C=O) groups is 1. The van der Waals surface area contributed by atoms with Crippen LogP contribution in [0.1, 0.15) is 0 Å². The van der Waals surface area contributed by atoms with Gasteiger partial charge in [-0.15, -0.1) is 0 Å². The molecule has 0 fully saturated rings. The highest BCUT2D eigenvalue weighted by atomic mass is 79.9. The van der Waals surface area contributed by atoms with Crippen LogP contribution in [-0.4, -0.2) is 23.3 Å². The molecule has 0 unspecified atom stereocenters. The molecule has 0 saturated heterocycles. The Morgan fingerprint density at radius 2 is 2.07 bits per heavy atom. The Bertz CT molecular complexity index is 1530. The Labute approximate surface area is 172 Å². The van der Waals surface area contributed by atoms with Crippen molar-refractivity contribution < 1.29 is 13.9 Å². The molecule has 0 saturated carbocycles. The molecule has 1 amide bonds. The van der Waals surface area contributed by atoms with Gasteiger partial charge in [-0.05, 0) is 34.0 Å². The van der Waals surface area contributed by atoms with Crippen LogP contribution < -0.4 is 9.10 Å². The molecule has 1 aliphatic heterocycles. The third kappa shape index (κ3) is 2.41. The van der Waals surface area contributed by atoms with Crippen molar-refractivity contribution in [2.45, 2.75) is 0 Å². The highest BCUT2D eigenvalue weighted by Crippen LogP contribution is 2.36. The molecule has 7 heteroatoms. The van der Waals surface area contributed by atoms with E-state index in [2.05, 4.69) is 32.1 Å². The third-order valence-corrected chi connectivity index (χ3v) is 5.67. The molecule has 0 radical (unpaired) electrons. The Balaban J connectivity index is 2.20. The molecule has 1 aliphatic carbocycles. The first-order valence-electron chi connectivity index (χ1n) is 8.64. The van der Waals surface area contributed by atoms with Crippen LogP contribution in [0.25, 0.3) is 32.6 Å². The summed E-state index contributed by atoms with van der Waals surface area (Å²) in [5.41, 5.74) is 1.55. The van der Waals surface area contributed by atoms with Gasteiger partial charge in [-0.2, -0.15) is 0 Å². The van der Waals surface area contributed by atoms with Gasteiger partial charge < -0.3 is 9.72 Å². The van der Waals surface area contributed by atoms with Gasteiger partial charge in [-0.3, -0.25) is 4.79 Å². The maximum atomic E-state index is 12.2. The first-order chi connectivity index (χ1) is 13.6. The molecule has 2 aliphatic rings. The number of aromatic amines is 1. The molecule has 5 rings (SSSR count). The molecule has 0 atom stereocenters. The van der Waals surface area contributed by atoms with Gasteiger partial charge in [0.25, 0.3) is 10.9 Å².